The number of nitrogens with one attached hydrogen (secondary N) is 1. The van der Waals surface area contributed by atoms with Gasteiger partial charge in [0.25, 0.3) is 0 Å². The molecule has 1 fully saturated rings. The summed E-state index contributed by atoms with van der Waals surface area (Å²) in [5.74, 6) is 1.05. The Bertz CT molecular complexity index is 232. The molecule has 2 heterocycles. The molecule has 0 aromatic carbocycles. The summed E-state index contributed by atoms with van der Waals surface area (Å²) in [5, 5.41) is 7.67. The molecule has 1 aliphatic heterocycles. The first-order valence-corrected chi connectivity index (χ1v) is 5.67. The van der Waals surface area contributed by atoms with Gasteiger partial charge >= 0.3 is 0 Å². The number of ether oxygens (including phenoxy) is 1. The van der Waals surface area contributed by atoms with Crippen LogP contribution < -0.4 is 0 Å². The second-order valence-electron chi connectivity index (χ2n) is 3.20. The molecule has 0 unspecified atom stereocenters. The standard InChI is InChI=1S/C9H14N2OS/c1-4-10-11-8(1)7-13-9-2-5-12-6-3-9/h1,4,9H,2-3,5-7H2,(H,10,11). The molecule has 3 nitrogen and oxygen atoms in total. The number of aromatic amines is 1. The minimum Gasteiger partial charge on any atom is -0.381 e. The van der Waals surface area contributed by atoms with E-state index in [1.807, 2.05) is 17.8 Å². The molecule has 1 aromatic rings. The third kappa shape index (κ3) is 2.74. The van der Waals surface area contributed by atoms with Crippen LogP contribution in [0.1, 0.15) is 18.5 Å². The van der Waals surface area contributed by atoms with E-state index in [1.165, 1.54) is 18.5 Å². The summed E-state index contributed by atoms with van der Waals surface area (Å²) in [4.78, 5) is 0. The van der Waals surface area contributed by atoms with E-state index in [-0.39, 0.29) is 0 Å². The van der Waals surface area contributed by atoms with Gasteiger partial charge < -0.3 is 4.74 Å². The van der Waals surface area contributed by atoms with Crippen molar-refractivity contribution in [1.29, 1.82) is 0 Å². The monoisotopic (exact) mass is 198 g/mol. The third-order valence-electron chi connectivity index (χ3n) is 2.20. The van der Waals surface area contributed by atoms with Crippen LogP contribution in [0.3, 0.4) is 0 Å². The molecule has 72 valence electrons. The maximum atomic E-state index is 5.30. The predicted octanol–water partition coefficient (Wildman–Crippen LogP) is 1.82. The van der Waals surface area contributed by atoms with Crippen LogP contribution in [0.25, 0.3) is 0 Å². The van der Waals surface area contributed by atoms with Gasteiger partial charge in [-0.25, -0.2) is 0 Å². The van der Waals surface area contributed by atoms with Crippen LogP contribution in [0.2, 0.25) is 0 Å². The van der Waals surface area contributed by atoms with Crippen molar-refractivity contribution in [2.45, 2.75) is 23.8 Å². The molecule has 0 amide bonds. The Kier molecular flexibility index (Phi) is 3.27. The van der Waals surface area contributed by atoms with Crippen molar-refractivity contribution >= 4 is 11.8 Å². The van der Waals surface area contributed by atoms with Crippen LogP contribution >= 0.6 is 11.8 Å². The van der Waals surface area contributed by atoms with Crippen LogP contribution in [-0.4, -0.2) is 28.7 Å². The van der Waals surface area contributed by atoms with E-state index in [4.69, 9.17) is 4.74 Å². The zero-order valence-electron chi connectivity index (χ0n) is 7.53. The first-order chi connectivity index (χ1) is 6.45. The van der Waals surface area contributed by atoms with E-state index in [2.05, 4.69) is 10.2 Å². The first kappa shape index (κ1) is 9.09. The highest BCUT2D eigenvalue weighted by molar-refractivity contribution is 7.99. The van der Waals surface area contributed by atoms with Crippen LogP contribution in [0.15, 0.2) is 12.3 Å². The SMILES string of the molecule is c1cc(CSC2CCOCC2)[nH]n1. The molecule has 0 saturated carbocycles. The van der Waals surface area contributed by atoms with E-state index >= 15 is 0 Å². The summed E-state index contributed by atoms with van der Waals surface area (Å²) < 4.78 is 5.30. The molecule has 0 radical (unpaired) electrons. The fourth-order valence-corrected chi connectivity index (χ4v) is 2.52. The van der Waals surface area contributed by atoms with Crippen molar-refractivity contribution in [3.05, 3.63) is 18.0 Å². The topological polar surface area (TPSA) is 37.9 Å². The van der Waals surface area contributed by atoms with Crippen molar-refractivity contribution in [2.24, 2.45) is 0 Å². The van der Waals surface area contributed by atoms with Gasteiger partial charge in [-0.2, -0.15) is 16.9 Å². The second kappa shape index (κ2) is 4.67. The minimum absolute atomic E-state index is 0.775. The molecule has 0 aliphatic carbocycles. The summed E-state index contributed by atoms with van der Waals surface area (Å²) in [6.45, 7) is 1.86. The van der Waals surface area contributed by atoms with Crippen molar-refractivity contribution in [3.63, 3.8) is 0 Å². The number of hydrogen-bond acceptors (Lipinski definition) is 3. The summed E-state index contributed by atoms with van der Waals surface area (Å²) in [7, 11) is 0. The summed E-state index contributed by atoms with van der Waals surface area (Å²) in [5.41, 5.74) is 1.22. The number of rotatable bonds is 3. The highest BCUT2D eigenvalue weighted by Gasteiger charge is 2.13. The maximum absolute atomic E-state index is 5.30. The Morgan fingerprint density at radius 3 is 3.08 bits per heavy atom. The number of aromatic nitrogens is 2. The smallest absolute Gasteiger partial charge is 0.0490 e. The van der Waals surface area contributed by atoms with Gasteiger partial charge in [0.2, 0.25) is 0 Å². The van der Waals surface area contributed by atoms with Crippen LogP contribution in [0.5, 0.6) is 0 Å². The van der Waals surface area contributed by atoms with Gasteiger partial charge in [0, 0.05) is 36.1 Å². The van der Waals surface area contributed by atoms with Crippen LogP contribution in [-0.2, 0) is 10.5 Å². The van der Waals surface area contributed by atoms with Gasteiger partial charge in [-0.3, -0.25) is 5.10 Å². The lowest BCUT2D eigenvalue weighted by Crippen LogP contribution is -2.17. The fourth-order valence-electron chi connectivity index (χ4n) is 1.42. The largest absolute Gasteiger partial charge is 0.381 e. The average molecular weight is 198 g/mol. The van der Waals surface area contributed by atoms with E-state index in [1.54, 1.807) is 6.20 Å². The highest BCUT2D eigenvalue weighted by Crippen LogP contribution is 2.24. The number of thioether (sulfide) groups is 1. The van der Waals surface area contributed by atoms with Crippen molar-refractivity contribution in [3.8, 4) is 0 Å². The first-order valence-electron chi connectivity index (χ1n) is 4.63. The molecule has 1 saturated heterocycles. The minimum atomic E-state index is 0.775. The summed E-state index contributed by atoms with van der Waals surface area (Å²) in [6.07, 6.45) is 4.19. The number of H-pyrrole nitrogens is 1. The molecule has 0 bridgehead atoms. The molecule has 13 heavy (non-hydrogen) atoms. The fraction of sp³-hybridized carbons (Fsp3) is 0.667. The summed E-state index contributed by atoms with van der Waals surface area (Å²) in [6, 6.07) is 2.03. The Morgan fingerprint density at radius 2 is 2.38 bits per heavy atom. The molecule has 1 aromatic heterocycles. The summed E-state index contributed by atoms with van der Waals surface area (Å²) >= 11 is 2.00. The number of hydrogen-bond donors (Lipinski definition) is 1. The molecular formula is C9H14N2OS. The van der Waals surface area contributed by atoms with Gasteiger partial charge in [-0.1, -0.05) is 0 Å². The lowest BCUT2D eigenvalue weighted by Gasteiger charge is -2.20. The zero-order valence-corrected chi connectivity index (χ0v) is 8.35. The normalized spacial score (nSPS) is 19.1. The molecule has 0 atom stereocenters. The van der Waals surface area contributed by atoms with E-state index in [0.29, 0.717) is 0 Å². The maximum Gasteiger partial charge on any atom is 0.0490 e. The van der Waals surface area contributed by atoms with Gasteiger partial charge in [-0.05, 0) is 18.9 Å². The molecule has 0 spiro atoms. The average Bonchev–Trinajstić information content (AvgIpc) is 2.69. The molecular weight excluding hydrogens is 184 g/mol. The van der Waals surface area contributed by atoms with Crippen molar-refractivity contribution < 1.29 is 4.74 Å². The number of nitrogens with zero attached hydrogens (tertiary/aromatic N) is 1. The zero-order chi connectivity index (χ0) is 8.93. The molecule has 2 rings (SSSR count). The van der Waals surface area contributed by atoms with Gasteiger partial charge in [-0.15, -0.1) is 0 Å². The van der Waals surface area contributed by atoms with Crippen LogP contribution in [0, 0.1) is 0 Å². The van der Waals surface area contributed by atoms with Gasteiger partial charge in [0.05, 0.1) is 0 Å². The quantitative estimate of drug-likeness (QED) is 0.805. The van der Waals surface area contributed by atoms with Gasteiger partial charge in [0.1, 0.15) is 0 Å². The molecule has 1 aliphatic rings. The third-order valence-corrected chi connectivity index (χ3v) is 3.62. The lowest BCUT2D eigenvalue weighted by molar-refractivity contribution is 0.1000. The van der Waals surface area contributed by atoms with E-state index < -0.39 is 0 Å². The predicted molar refractivity (Wildman–Crippen MR) is 53.7 cm³/mol. The Hall–Kier alpha value is -0.480. The van der Waals surface area contributed by atoms with Crippen molar-refractivity contribution in [2.75, 3.05) is 13.2 Å². The Morgan fingerprint density at radius 1 is 1.54 bits per heavy atom. The van der Waals surface area contributed by atoms with E-state index in [0.717, 1.165) is 24.2 Å². The van der Waals surface area contributed by atoms with E-state index in [9.17, 15) is 0 Å². The Balaban J connectivity index is 1.72. The Labute approximate surface area is 82.2 Å². The van der Waals surface area contributed by atoms with Crippen molar-refractivity contribution in [1.82, 2.24) is 10.2 Å². The van der Waals surface area contributed by atoms with Gasteiger partial charge in [0.15, 0.2) is 0 Å². The molecule has 1 N–H and O–H groups in total. The second-order valence-corrected chi connectivity index (χ2v) is 4.49. The highest BCUT2D eigenvalue weighted by atomic mass is 32.2. The molecule has 4 heteroatoms. The van der Waals surface area contributed by atoms with Crippen LogP contribution in [0.4, 0.5) is 0 Å². The lowest BCUT2D eigenvalue weighted by atomic mass is 10.2.